The average molecular weight is 213 g/mol. The molecule has 0 heterocycles. The smallest absolute Gasteiger partial charge is 0.247 e. The molecule has 3 nitrogen and oxygen atoms in total. The minimum Gasteiger partial charge on any atom is -0.323 e. The number of anilines is 1. The summed E-state index contributed by atoms with van der Waals surface area (Å²) in [5, 5.41) is 4.93. The van der Waals surface area contributed by atoms with Gasteiger partial charge in [0.1, 0.15) is 5.69 Å². The molecule has 0 spiro atoms. The monoisotopic (exact) mass is 213 g/mol. The van der Waals surface area contributed by atoms with Gasteiger partial charge in [-0.25, -0.2) is 0 Å². The van der Waals surface area contributed by atoms with Gasteiger partial charge in [0.2, 0.25) is 5.91 Å². The number of carbonyl (C=O) groups excluding carboxylic acids is 1. The molecule has 0 atom stereocenters. The maximum absolute atomic E-state index is 11.2. The molecule has 0 saturated heterocycles. The van der Waals surface area contributed by atoms with Gasteiger partial charge in [0.25, 0.3) is 0 Å². The summed E-state index contributed by atoms with van der Waals surface area (Å²) >= 11 is 0. The fraction of sp³-hybridized carbons (Fsp3) is 0. The van der Waals surface area contributed by atoms with E-state index in [0.29, 0.717) is 0 Å². The van der Waals surface area contributed by atoms with E-state index in [9.17, 15) is 4.79 Å². The van der Waals surface area contributed by atoms with Crippen molar-refractivity contribution in [3.8, 4) is 0 Å². The molecule has 0 unspecified atom stereocenters. The zero-order chi connectivity index (χ0) is 11.5. The molecule has 0 radical (unpaired) electrons. The number of amides is 1. The van der Waals surface area contributed by atoms with Crippen LogP contribution in [0.3, 0.4) is 0 Å². The topological polar surface area (TPSA) is 56.7 Å². The van der Waals surface area contributed by atoms with Crippen LogP contribution in [-0.2, 0) is 4.79 Å². The quantitative estimate of drug-likeness (QED) is 0.735. The van der Waals surface area contributed by atoms with Crippen LogP contribution in [0.25, 0.3) is 10.8 Å². The highest BCUT2D eigenvalue weighted by molar-refractivity contribution is 6.02. The summed E-state index contributed by atoms with van der Waals surface area (Å²) in [4.78, 5) is 11.2. The Morgan fingerprint density at radius 3 is 2.50 bits per heavy atom. The molecule has 16 heavy (non-hydrogen) atoms. The minimum absolute atomic E-state index is 0.222. The Morgan fingerprint density at radius 1 is 1.25 bits per heavy atom. The Hall–Kier alpha value is -2.13. The zero-order valence-corrected chi connectivity index (χ0v) is 8.86. The SMILES string of the molecule is C=CC(=O)Nc1cc2ccccc2cc1[NH3+]. The van der Waals surface area contributed by atoms with Crippen LogP contribution in [-0.4, -0.2) is 5.91 Å². The van der Waals surface area contributed by atoms with E-state index in [-0.39, 0.29) is 5.91 Å². The van der Waals surface area contributed by atoms with Crippen molar-refractivity contribution in [2.45, 2.75) is 0 Å². The molecule has 0 fully saturated rings. The molecule has 4 N–H and O–H groups in total. The molecule has 2 aromatic carbocycles. The number of hydrogen-bond donors (Lipinski definition) is 2. The summed E-state index contributed by atoms with van der Waals surface area (Å²) in [6.07, 6.45) is 1.24. The predicted molar refractivity (Wildman–Crippen MR) is 65.3 cm³/mol. The molecular formula is C13H13N2O+. The number of carbonyl (C=O) groups is 1. The van der Waals surface area contributed by atoms with E-state index < -0.39 is 0 Å². The third-order valence-electron chi connectivity index (χ3n) is 2.41. The maximum Gasteiger partial charge on any atom is 0.247 e. The summed E-state index contributed by atoms with van der Waals surface area (Å²) in [7, 11) is 0. The third-order valence-corrected chi connectivity index (χ3v) is 2.41. The first-order chi connectivity index (χ1) is 7.70. The van der Waals surface area contributed by atoms with Gasteiger partial charge in [-0.15, -0.1) is 0 Å². The Labute approximate surface area is 93.6 Å². The number of nitrogens with one attached hydrogen (secondary N) is 1. The highest BCUT2D eigenvalue weighted by Crippen LogP contribution is 2.24. The van der Waals surface area contributed by atoms with Crippen LogP contribution in [0.1, 0.15) is 0 Å². The van der Waals surface area contributed by atoms with Crippen LogP contribution >= 0.6 is 0 Å². The van der Waals surface area contributed by atoms with Crippen LogP contribution < -0.4 is 11.1 Å². The van der Waals surface area contributed by atoms with Gasteiger partial charge in [-0.1, -0.05) is 30.8 Å². The fourth-order valence-electron chi connectivity index (χ4n) is 1.59. The van der Waals surface area contributed by atoms with Crippen molar-refractivity contribution in [1.29, 1.82) is 0 Å². The zero-order valence-electron chi connectivity index (χ0n) is 8.86. The first kappa shape index (κ1) is 10.4. The summed E-state index contributed by atoms with van der Waals surface area (Å²) in [6, 6.07) is 11.8. The van der Waals surface area contributed by atoms with Crippen LogP contribution in [0.4, 0.5) is 11.4 Å². The minimum atomic E-state index is -0.222. The van der Waals surface area contributed by atoms with Gasteiger partial charge in [-0.2, -0.15) is 0 Å². The van der Waals surface area contributed by atoms with Crippen LogP contribution in [0.2, 0.25) is 0 Å². The molecule has 0 aliphatic heterocycles. The highest BCUT2D eigenvalue weighted by atomic mass is 16.1. The van der Waals surface area contributed by atoms with Crippen LogP contribution in [0.15, 0.2) is 49.1 Å². The van der Waals surface area contributed by atoms with Crippen molar-refractivity contribution < 1.29 is 10.5 Å². The Morgan fingerprint density at radius 2 is 1.88 bits per heavy atom. The van der Waals surface area contributed by atoms with Gasteiger partial charge in [-0.05, 0) is 22.9 Å². The van der Waals surface area contributed by atoms with Gasteiger partial charge < -0.3 is 11.1 Å². The van der Waals surface area contributed by atoms with E-state index in [0.717, 1.165) is 22.1 Å². The van der Waals surface area contributed by atoms with E-state index in [1.165, 1.54) is 6.08 Å². The normalized spacial score (nSPS) is 10.1. The predicted octanol–water partition coefficient (Wildman–Crippen LogP) is 1.84. The lowest BCUT2D eigenvalue weighted by atomic mass is 10.1. The Bertz CT molecular complexity index is 561. The van der Waals surface area contributed by atoms with Crippen molar-refractivity contribution in [2.75, 3.05) is 5.32 Å². The largest absolute Gasteiger partial charge is 0.323 e. The van der Waals surface area contributed by atoms with E-state index >= 15 is 0 Å². The molecule has 0 aliphatic carbocycles. The van der Waals surface area contributed by atoms with Crippen molar-refractivity contribution in [3.05, 3.63) is 49.1 Å². The molecule has 1 amide bonds. The molecule has 2 aromatic rings. The second kappa shape index (κ2) is 4.16. The van der Waals surface area contributed by atoms with E-state index in [2.05, 4.69) is 17.6 Å². The second-order valence-corrected chi connectivity index (χ2v) is 3.55. The lowest BCUT2D eigenvalue weighted by Crippen LogP contribution is -2.41. The molecule has 0 aromatic heterocycles. The number of rotatable bonds is 2. The lowest BCUT2D eigenvalue weighted by molar-refractivity contribution is -0.253. The Kier molecular flexibility index (Phi) is 2.70. The van der Waals surface area contributed by atoms with E-state index in [1.54, 1.807) is 0 Å². The average Bonchev–Trinajstić information content (AvgIpc) is 2.30. The highest BCUT2D eigenvalue weighted by Gasteiger charge is 2.06. The molecule has 3 heteroatoms. The number of fused-ring (bicyclic) bond motifs is 1. The summed E-state index contributed by atoms with van der Waals surface area (Å²) in [5.41, 5.74) is 5.43. The second-order valence-electron chi connectivity index (χ2n) is 3.55. The summed E-state index contributed by atoms with van der Waals surface area (Å²) in [6.45, 7) is 3.42. The van der Waals surface area contributed by atoms with Crippen molar-refractivity contribution in [3.63, 3.8) is 0 Å². The van der Waals surface area contributed by atoms with Gasteiger partial charge in [-0.3, -0.25) is 4.79 Å². The van der Waals surface area contributed by atoms with Crippen LogP contribution in [0, 0.1) is 0 Å². The first-order valence-corrected chi connectivity index (χ1v) is 4.99. The molecular weight excluding hydrogens is 200 g/mol. The number of benzene rings is 2. The molecule has 80 valence electrons. The third kappa shape index (κ3) is 1.94. The molecule has 2 rings (SSSR count). The van der Waals surface area contributed by atoms with Crippen molar-refractivity contribution >= 4 is 28.1 Å². The van der Waals surface area contributed by atoms with E-state index in [4.69, 9.17) is 0 Å². The lowest BCUT2D eigenvalue weighted by Gasteiger charge is -2.05. The van der Waals surface area contributed by atoms with Gasteiger partial charge in [0, 0.05) is 6.07 Å². The van der Waals surface area contributed by atoms with Gasteiger partial charge >= 0.3 is 0 Å². The van der Waals surface area contributed by atoms with E-state index in [1.807, 2.05) is 36.4 Å². The summed E-state index contributed by atoms with van der Waals surface area (Å²) in [5.74, 6) is -0.222. The Balaban J connectivity index is 2.49. The van der Waals surface area contributed by atoms with Crippen molar-refractivity contribution in [1.82, 2.24) is 0 Å². The fourth-order valence-corrected chi connectivity index (χ4v) is 1.59. The van der Waals surface area contributed by atoms with Crippen LogP contribution in [0.5, 0.6) is 0 Å². The number of quaternary nitrogens is 1. The van der Waals surface area contributed by atoms with Gasteiger partial charge in [0.15, 0.2) is 5.69 Å². The molecule has 0 saturated carbocycles. The van der Waals surface area contributed by atoms with Crippen molar-refractivity contribution in [2.24, 2.45) is 0 Å². The van der Waals surface area contributed by atoms with Gasteiger partial charge in [0.05, 0.1) is 0 Å². The molecule has 0 aliphatic rings. The summed E-state index contributed by atoms with van der Waals surface area (Å²) < 4.78 is 0. The maximum atomic E-state index is 11.2. The first-order valence-electron chi connectivity index (χ1n) is 4.99. The standard InChI is InChI=1S/C13H12N2O/c1-2-13(16)15-12-8-10-6-4-3-5-9(10)7-11(12)14/h2-8H,1,14H2,(H,15,16)/p+1. The number of hydrogen-bond acceptors (Lipinski definition) is 1. The molecule has 0 bridgehead atoms.